The number of ether oxygens (including phenoxy) is 1. The molecule has 1 aromatic rings. The molecule has 6 heteroatoms. The standard InChI is InChI=1S/C18H29N3O3/c1-12(9-16-14(3)19-24-15(16)4)18(22)21-10-13(2)17(11-21)20-5-7-23-8-6-20/h12-13,17H,5-11H2,1-4H3/t12-,13-,17-/m0/s1. The van der Waals surface area contributed by atoms with Gasteiger partial charge in [0.15, 0.2) is 0 Å². The van der Waals surface area contributed by atoms with Gasteiger partial charge in [-0.05, 0) is 26.2 Å². The number of hydrogen-bond donors (Lipinski definition) is 0. The van der Waals surface area contributed by atoms with Gasteiger partial charge in [0.05, 0.1) is 18.9 Å². The van der Waals surface area contributed by atoms with Gasteiger partial charge in [0.2, 0.25) is 5.91 Å². The fourth-order valence-corrected chi connectivity index (χ4v) is 4.01. The minimum Gasteiger partial charge on any atom is -0.379 e. The van der Waals surface area contributed by atoms with E-state index in [1.165, 1.54) is 0 Å². The molecular formula is C18H29N3O3. The van der Waals surface area contributed by atoms with Crippen LogP contribution in [0.1, 0.15) is 30.9 Å². The third kappa shape index (κ3) is 3.49. The quantitative estimate of drug-likeness (QED) is 0.837. The van der Waals surface area contributed by atoms with Crippen LogP contribution in [0.4, 0.5) is 0 Å². The van der Waals surface area contributed by atoms with Gasteiger partial charge in [0.1, 0.15) is 5.76 Å². The van der Waals surface area contributed by atoms with Gasteiger partial charge < -0.3 is 14.2 Å². The first-order chi connectivity index (χ1) is 11.5. The molecule has 0 radical (unpaired) electrons. The number of carbonyl (C=O) groups excluding carboxylic acids is 1. The largest absolute Gasteiger partial charge is 0.379 e. The second kappa shape index (κ2) is 7.23. The molecule has 1 aromatic heterocycles. The highest BCUT2D eigenvalue weighted by molar-refractivity contribution is 5.79. The molecule has 0 unspecified atom stereocenters. The highest BCUT2D eigenvalue weighted by Crippen LogP contribution is 2.25. The van der Waals surface area contributed by atoms with Crippen molar-refractivity contribution in [2.75, 3.05) is 39.4 Å². The lowest BCUT2D eigenvalue weighted by Crippen LogP contribution is -2.47. The minimum absolute atomic E-state index is 0.0440. The molecule has 1 amide bonds. The number of hydrogen-bond acceptors (Lipinski definition) is 5. The molecular weight excluding hydrogens is 306 g/mol. The lowest BCUT2D eigenvalue weighted by molar-refractivity contribution is -0.134. The number of morpholine rings is 1. The van der Waals surface area contributed by atoms with Gasteiger partial charge in [0, 0.05) is 43.7 Å². The second-order valence-corrected chi connectivity index (χ2v) is 7.34. The number of aryl methyl sites for hydroxylation is 2. The molecule has 2 aliphatic rings. The predicted octanol–water partition coefficient (Wildman–Crippen LogP) is 1.65. The maximum absolute atomic E-state index is 12.9. The lowest BCUT2D eigenvalue weighted by atomic mass is 9.98. The topological polar surface area (TPSA) is 58.8 Å². The van der Waals surface area contributed by atoms with Crippen LogP contribution >= 0.6 is 0 Å². The Bertz CT molecular complexity index is 561. The van der Waals surface area contributed by atoms with Gasteiger partial charge in [-0.15, -0.1) is 0 Å². The zero-order valence-corrected chi connectivity index (χ0v) is 15.2. The molecule has 2 fully saturated rings. The van der Waals surface area contributed by atoms with Gasteiger partial charge in [0.25, 0.3) is 0 Å². The molecule has 3 heterocycles. The first kappa shape index (κ1) is 17.4. The molecule has 0 N–H and O–H groups in total. The highest BCUT2D eigenvalue weighted by atomic mass is 16.5. The van der Waals surface area contributed by atoms with Gasteiger partial charge >= 0.3 is 0 Å². The molecule has 134 valence electrons. The van der Waals surface area contributed by atoms with Crippen LogP contribution in [-0.2, 0) is 16.0 Å². The number of amides is 1. The lowest BCUT2D eigenvalue weighted by Gasteiger charge is -2.34. The van der Waals surface area contributed by atoms with Gasteiger partial charge in [-0.25, -0.2) is 0 Å². The van der Waals surface area contributed by atoms with Crippen LogP contribution in [-0.4, -0.2) is 66.3 Å². The SMILES string of the molecule is Cc1noc(C)c1C[C@H](C)C(=O)N1C[C@H](C)[C@@H](N2CCOCC2)C1. The fraction of sp³-hybridized carbons (Fsp3) is 0.778. The van der Waals surface area contributed by atoms with E-state index in [-0.39, 0.29) is 11.8 Å². The zero-order chi connectivity index (χ0) is 17.3. The Morgan fingerprint density at radius 3 is 2.62 bits per heavy atom. The van der Waals surface area contributed by atoms with Gasteiger partial charge in [-0.3, -0.25) is 9.69 Å². The van der Waals surface area contributed by atoms with Crippen LogP contribution in [0, 0.1) is 25.7 Å². The van der Waals surface area contributed by atoms with E-state index in [1.807, 2.05) is 25.7 Å². The van der Waals surface area contributed by atoms with Crippen molar-refractivity contribution in [3.05, 3.63) is 17.0 Å². The van der Waals surface area contributed by atoms with Gasteiger partial charge in [-0.1, -0.05) is 19.0 Å². The van der Waals surface area contributed by atoms with E-state index in [1.54, 1.807) is 0 Å². The summed E-state index contributed by atoms with van der Waals surface area (Å²) in [7, 11) is 0. The van der Waals surface area contributed by atoms with Crippen molar-refractivity contribution in [2.24, 2.45) is 11.8 Å². The molecule has 0 aliphatic carbocycles. The normalized spacial score (nSPS) is 26.8. The van der Waals surface area contributed by atoms with E-state index in [4.69, 9.17) is 9.26 Å². The Kier molecular flexibility index (Phi) is 5.25. The third-order valence-electron chi connectivity index (χ3n) is 5.51. The van der Waals surface area contributed by atoms with Gasteiger partial charge in [-0.2, -0.15) is 0 Å². The minimum atomic E-state index is -0.0440. The summed E-state index contributed by atoms with van der Waals surface area (Å²) in [5, 5.41) is 3.99. The molecule has 6 nitrogen and oxygen atoms in total. The average Bonchev–Trinajstić information content (AvgIpc) is 3.12. The molecule has 0 aromatic carbocycles. The molecule has 2 aliphatic heterocycles. The maximum Gasteiger partial charge on any atom is 0.225 e. The van der Waals surface area contributed by atoms with Crippen molar-refractivity contribution in [2.45, 2.75) is 40.2 Å². The summed E-state index contributed by atoms with van der Waals surface area (Å²) in [5.41, 5.74) is 1.97. The molecule has 0 spiro atoms. The Balaban J connectivity index is 1.60. The van der Waals surface area contributed by atoms with Crippen LogP contribution in [0.5, 0.6) is 0 Å². The summed E-state index contributed by atoms with van der Waals surface area (Å²) < 4.78 is 10.7. The summed E-state index contributed by atoms with van der Waals surface area (Å²) in [4.78, 5) is 17.4. The van der Waals surface area contributed by atoms with Crippen LogP contribution in [0.15, 0.2) is 4.52 Å². The fourth-order valence-electron chi connectivity index (χ4n) is 4.01. The number of nitrogens with zero attached hydrogens (tertiary/aromatic N) is 3. The van der Waals surface area contributed by atoms with Crippen LogP contribution in [0.3, 0.4) is 0 Å². The first-order valence-corrected chi connectivity index (χ1v) is 8.99. The van der Waals surface area contributed by atoms with Crippen LogP contribution in [0.25, 0.3) is 0 Å². The third-order valence-corrected chi connectivity index (χ3v) is 5.51. The number of likely N-dealkylation sites (tertiary alicyclic amines) is 1. The molecule has 0 bridgehead atoms. The Morgan fingerprint density at radius 2 is 2.00 bits per heavy atom. The number of carbonyl (C=O) groups is 1. The van der Waals surface area contributed by atoms with Crippen molar-refractivity contribution in [3.8, 4) is 0 Å². The Hall–Kier alpha value is -1.40. The monoisotopic (exact) mass is 335 g/mol. The summed E-state index contributed by atoms with van der Waals surface area (Å²) in [5.74, 6) is 1.54. The number of rotatable bonds is 4. The molecule has 3 rings (SSSR count). The zero-order valence-electron chi connectivity index (χ0n) is 15.2. The summed E-state index contributed by atoms with van der Waals surface area (Å²) in [6.07, 6.45) is 0.701. The molecule has 3 atom stereocenters. The summed E-state index contributed by atoms with van der Waals surface area (Å²) in [6.45, 7) is 13.4. The number of aromatic nitrogens is 1. The van der Waals surface area contributed by atoms with Crippen molar-refractivity contribution in [3.63, 3.8) is 0 Å². The summed E-state index contributed by atoms with van der Waals surface area (Å²) in [6, 6.07) is 0.462. The molecule has 0 saturated carbocycles. The van der Waals surface area contributed by atoms with E-state index in [0.29, 0.717) is 18.4 Å². The predicted molar refractivity (Wildman–Crippen MR) is 90.8 cm³/mol. The average molecular weight is 335 g/mol. The maximum atomic E-state index is 12.9. The van der Waals surface area contributed by atoms with Crippen LogP contribution in [0.2, 0.25) is 0 Å². The molecule has 24 heavy (non-hydrogen) atoms. The Labute approximate surface area is 144 Å². The van der Waals surface area contributed by atoms with E-state index in [2.05, 4.69) is 17.0 Å². The smallest absolute Gasteiger partial charge is 0.225 e. The Morgan fingerprint density at radius 1 is 1.29 bits per heavy atom. The van der Waals surface area contributed by atoms with Crippen molar-refractivity contribution in [1.29, 1.82) is 0 Å². The van der Waals surface area contributed by atoms with Crippen molar-refractivity contribution in [1.82, 2.24) is 15.0 Å². The van der Waals surface area contributed by atoms with E-state index >= 15 is 0 Å². The van der Waals surface area contributed by atoms with E-state index in [9.17, 15) is 4.79 Å². The van der Waals surface area contributed by atoms with Crippen LogP contribution < -0.4 is 0 Å². The highest BCUT2D eigenvalue weighted by Gasteiger charge is 2.37. The molecule has 2 saturated heterocycles. The second-order valence-electron chi connectivity index (χ2n) is 7.34. The van der Waals surface area contributed by atoms with E-state index in [0.717, 1.165) is 56.4 Å². The van der Waals surface area contributed by atoms with E-state index < -0.39 is 0 Å². The first-order valence-electron chi connectivity index (χ1n) is 8.99. The summed E-state index contributed by atoms with van der Waals surface area (Å²) >= 11 is 0. The van der Waals surface area contributed by atoms with Crippen molar-refractivity contribution < 1.29 is 14.1 Å². The van der Waals surface area contributed by atoms with Crippen molar-refractivity contribution >= 4 is 5.91 Å².